The van der Waals surface area contributed by atoms with Crippen LogP contribution in [0.5, 0.6) is 0 Å². The fraction of sp³-hybridized carbons (Fsp3) is 0.318. The van der Waals surface area contributed by atoms with Crippen molar-refractivity contribution in [2.75, 3.05) is 29.9 Å². The highest BCUT2D eigenvalue weighted by molar-refractivity contribution is 14.1. The van der Waals surface area contributed by atoms with Crippen LogP contribution in [-0.4, -0.2) is 37.9 Å². The van der Waals surface area contributed by atoms with Gasteiger partial charge in [-0.3, -0.25) is 4.99 Å². The molecule has 2 N–H and O–H groups in total. The number of anilines is 2. The van der Waals surface area contributed by atoms with E-state index in [4.69, 9.17) is 0 Å². The van der Waals surface area contributed by atoms with Gasteiger partial charge in [-0.25, -0.2) is 4.39 Å². The molecule has 6 heteroatoms. The highest BCUT2D eigenvalue weighted by Gasteiger charge is 2.23. The molecule has 0 unspecified atom stereocenters. The Hall–Kier alpha value is -1.93. The summed E-state index contributed by atoms with van der Waals surface area (Å²) < 4.78 is 16.0. The van der Waals surface area contributed by atoms with Gasteiger partial charge in [-0.2, -0.15) is 0 Å². The molecule has 0 amide bonds. The van der Waals surface area contributed by atoms with Crippen molar-refractivity contribution in [1.29, 1.82) is 0 Å². The quantitative estimate of drug-likeness (QED) is 0.623. The maximum Gasteiger partial charge on any atom is 0.148 e. The minimum Gasteiger partial charge on any atom is -0.366 e. The van der Waals surface area contributed by atoms with E-state index in [1.807, 2.05) is 24.5 Å². The topological polar surface area (TPSA) is 39.7 Å². The van der Waals surface area contributed by atoms with Crippen LogP contribution < -0.4 is 15.5 Å². The number of hydrogen-bond donors (Lipinski definition) is 2. The van der Waals surface area contributed by atoms with Gasteiger partial charge in [0.1, 0.15) is 5.82 Å². The molecule has 0 radical (unpaired) electrons. The largest absolute Gasteiger partial charge is 0.366 e. The molecule has 1 fully saturated rings. The SMILES string of the molecule is C[C@@H]1CN(c2ccc(N/C=C3\CN=Cc4ccc(I)cc43)cc2F)C[C@H](C)N1. The number of aliphatic imine (C=N–C) groups is 1. The summed E-state index contributed by atoms with van der Waals surface area (Å²) in [6.07, 6.45) is 3.85. The van der Waals surface area contributed by atoms with E-state index < -0.39 is 0 Å². The maximum absolute atomic E-state index is 14.8. The molecule has 0 aliphatic carbocycles. The first-order chi connectivity index (χ1) is 13.5. The average molecular weight is 490 g/mol. The van der Waals surface area contributed by atoms with E-state index in [0.717, 1.165) is 29.9 Å². The number of piperazine rings is 1. The van der Waals surface area contributed by atoms with E-state index in [-0.39, 0.29) is 5.82 Å². The predicted molar refractivity (Wildman–Crippen MR) is 124 cm³/mol. The van der Waals surface area contributed by atoms with E-state index in [2.05, 4.69) is 75.2 Å². The zero-order chi connectivity index (χ0) is 19.7. The van der Waals surface area contributed by atoms with Crippen LogP contribution in [-0.2, 0) is 0 Å². The van der Waals surface area contributed by atoms with Crippen LogP contribution in [0.1, 0.15) is 25.0 Å². The van der Waals surface area contributed by atoms with Gasteiger partial charge in [0.2, 0.25) is 0 Å². The van der Waals surface area contributed by atoms with Crippen molar-refractivity contribution in [3.05, 3.63) is 63.1 Å². The summed E-state index contributed by atoms with van der Waals surface area (Å²) in [5.41, 5.74) is 4.80. The van der Waals surface area contributed by atoms with E-state index in [0.29, 0.717) is 24.3 Å². The van der Waals surface area contributed by atoms with Gasteiger partial charge in [0, 0.05) is 46.8 Å². The Morgan fingerprint density at radius 3 is 2.71 bits per heavy atom. The molecule has 146 valence electrons. The highest BCUT2D eigenvalue weighted by Crippen LogP contribution is 2.27. The number of nitrogens with one attached hydrogen (secondary N) is 2. The van der Waals surface area contributed by atoms with Crippen molar-refractivity contribution >= 4 is 45.8 Å². The van der Waals surface area contributed by atoms with Crippen molar-refractivity contribution in [2.24, 2.45) is 4.99 Å². The summed E-state index contributed by atoms with van der Waals surface area (Å²) in [5.74, 6) is -0.193. The van der Waals surface area contributed by atoms with Gasteiger partial charge in [-0.15, -0.1) is 0 Å². The van der Waals surface area contributed by atoms with E-state index >= 15 is 0 Å². The summed E-state index contributed by atoms with van der Waals surface area (Å²) in [4.78, 5) is 6.55. The van der Waals surface area contributed by atoms with Crippen molar-refractivity contribution in [1.82, 2.24) is 5.32 Å². The number of hydrogen-bond acceptors (Lipinski definition) is 4. The van der Waals surface area contributed by atoms with Gasteiger partial charge < -0.3 is 15.5 Å². The smallest absolute Gasteiger partial charge is 0.148 e. The molecule has 4 nitrogen and oxygen atoms in total. The third-order valence-corrected chi connectivity index (χ3v) is 5.78. The molecular formula is C22H24FIN4. The molecule has 0 spiro atoms. The van der Waals surface area contributed by atoms with Crippen LogP contribution in [0, 0.1) is 9.39 Å². The number of rotatable bonds is 3. The Balaban J connectivity index is 1.52. The molecule has 0 bridgehead atoms. The van der Waals surface area contributed by atoms with E-state index in [1.54, 1.807) is 6.07 Å². The average Bonchev–Trinajstić information content (AvgIpc) is 2.65. The Bertz CT molecular complexity index is 930. The van der Waals surface area contributed by atoms with Crippen LogP contribution in [0.3, 0.4) is 0 Å². The summed E-state index contributed by atoms with van der Waals surface area (Å²) >= 11 is 2.32. The zero-order valence-corrected chi connectivity index (χ0v) is 18.2. The first kappa shape index (κ1) is 19.4. The van der Waals surface area contributed by atoms with Gasteiger partial charge in [-0.1, -0.05) is 6.07 Å². The minimum absolute atomic E-state index is 0.193. The molecular weight excluding hydrogens is 466 g/mol. The fourth-order valence-electron chi connectivity index (χ4n) is 3.92. The van der Waals surface area contributed by atoms with Gasteiger partial charge >= 0.3 is 0 Å². The lowest BCUT2D eigenvalue weighted by Gasteiger charge is -2.37. The monoisotopic (exact) mass is 490 g/mol. The molecule has 1 saturated heterocycles. The third kappa shape index (κ3) is 4.22. The molecule has 0 aromatic heterocycles. The number of fused-ring (bicyclic) bond motifs is 1. The minimum atomic E-state index is -0.193. The summed E-state index contributed by atoms with van der Waals surface area (Å²) in [6, 6.07) is 12.4. The van der Waals surface area contributed by atoms with Crippen LogP contribution in [0.2, 0.25) is 0 Å². The van der Waals surface area contributed by atoms with Crippen LogP contribution >= 0.6 is 22.6 Å². The number of benzene rings is 2. The second-order valence-electron chi connectivity index (χ2n) is 7.56. The Labute approximate surface area is 179 Å². The van der Waals surface area contributed by atoms with Crippen LogP contribution in [0.15, 0.2) is 47.6 Å². The standard InChI is InChI=1S/C22H24FIN4/c1-14-12-28(13-15(2)27-14)22-6-5-19(8-21(22)23)26-11-17-10-25-9-16-3-4-18(24)7-20(16)17/h3-9,11,14-15,26-27H,10,12-13H2,1-2H3/b17-11+/t14-,15+. The van der Waals surface area contributed by atoms with Crippen molar-refractivity contribution in [2.45, 2.75) is 25.9 Å². The molecule has 0 saturated carbocycles. The van der Waals surface area contributed by atoms with Crippen LogP contribution in [0.25, 0.3) is 5.57 Å². The van der Waals surface area contributed by atoms with Gasteiger partial charge in [-0.05, 0) is 83.5 Å². The number of halogens is 2. The lowest BCUT2D eigenvalue weighted by Crippen LogP contribution is -2.54. The molecule has 28 heavy (non-hydrogen) atoms. The summed E-state index contributed by atoms with van der Waals surface area (Å²) in [6.45, 7) is 6.51. The molecule has 2 aliphatic heterocycles. The molecule has 2 aromatic rings. The van der Waals surface area contributed by atoms with Gasteiger partial charge in [0.05, 0.1) is 12.2 Å². The molecule has 2 aliphatic rings. The second-order valence-corrected chi connectivity index (χ2v) is 8.80. The van der Waals surface area contributed by atoms with Crippen molar-refractivity contribution in [3.63, 3.8) is 0 Å². The maximum atomic E-state index is 14.8. The van der Waals surface area contributed by atoms with E-state index in [1.165, 1.54) is 9.13 Å². The Morgan fingerprint density at radius 2 is 1.96 bits per heavy atom. The normalized spacial score (nSPS) is 23.0. The van der Waals surface area contributed by atoms with Crippen molar-refractivity contribution < 1.29 is 4.39 Å². The summed E-state index contributed by atoms with van der Waals surface area (Å²) in [7, 11) is 0. The third-order valence-electron chi connectivity index (χ3n) is 5.11. The summed E-state index contributed by atoms with van der Waals surface area (Å²) in [5, 5.41) is 6.74. The second kappa shape index (κ2) is 8.21. The van der Waals surface area contributed by atoms with Crippen LogP contribution in [0.4, 0.5) is 15.8 Å². The molecule has 2 heterocycles. The predicted octanol–water partition coefficient (Wildman–Crippen LogP) is 4.50. The first-order valence-electron chi connectivity index (χ1n) is 9.55. The van der Waals surface area contributed by atoms with Gasteiger partial charge in [0.15, 0.2) is 0 Å². The fourth-order valence-corrected chi connectivity index (χ4v) is 4.41. The Morgan fingerprint density at radius 1 is 1.18 bits per heavy atom. The van der Waals surface area contributed by atoms with Gasteiger partial charge in [0.25, 0.3) is 0 Å². The zero-order valence-electron chi connectivity index (χ0n) is 16.0. The Kier molecular flexibility index (Phi) is 5.68. The first-order valence-corrected chi connectivity index (χ1v) is 10.6. The molecule has 4 rings (SSSR count). The van der Waals surface area contributed by atoms with Crippen molar-refractivity contribution in [3.8, 4) is 0 Å². The highest BCUT2D eigenvalue weighted by atomic mass is 127. The lowest BCUT2D eigenvalue weighted by molar-refractivity contribution is 0.404. The molecule has 2 aromatic carbocycles. The molecule has 2 atom stereocenters. The van der Waals surface area contributed by atoms with E-state index in [9.17, 15) is 4.39 Å². The number of nitrogens with zero attached hydrogens (tertiary/aromatic N) is 2. The lowest BCUT2D eigenvalue weighted by atomic mass is 9.99.